The number of hydrogen-bond acceptors (Lipinski definition) is 5. The molecule has 0 unspecified atom stereocenters. The fraction of sp³-hybridized carbons (Fsp3) is 0.150. The summed E-state index contributed by atoms with van der Waals surface area (Å²) in [4.78, 5) is 10.6. The summed E-state index contributed by atoms with van der Waals surface area (Å²) in [5, 5.41) is 16.9. The van der Waals surface area contributed by atoms with Gasteiger partial charge in [-0.1, -0.05) is 29.0 Å². The number of carboxylic acids is 1. The SMILES string of the molecule is COc1cc(/C=C/C(=O)O)ccc1OCc1cn(-c2ccc(C)cc2)nn1. The molecule has 0 bridgehead atoms. The van der Waals surface area contributed by atoms with E-state index in [-0.39, 0.29) is 6.61 Å². The van der Waals surface area contributed by atoms with Gasteiger partial charge < -0.3 is 14.6 Å². The highest BCUT2D eigenvalue weighted by Gasteiger charge is 2.08. The van der Waals surface area contributed by atoms with Gasteiger partial charge in [-0.05, 0) is 42.8 Å². The summed E-state index contributed by atoms with van der Waals surface area (Å²) in [7, 11) is 1.53. The van der Waals surface area contributed by atoms with Crippen LogP contribution in [0, 0.1) is 6.92 Å². The molecule has 1 N–H and O–H groups in total. The summed E-state index contributed by atoms with van der Waals surface area (Å²) >= 11 is 0. The molecule has 0 saturated heterocycles. The molecule has 0 aliphatic rings. The van der Waals surface area contributed by atoms with Crippen LogP contribution >= 0.6 is 0 Å². The van der Waals surface area contributed by atoms with Crippen LogP contribution in [0.25, 0.3) is 11.8 Å². The maximum atomic E-state index is 10.6. The first-order chi connectivity index (χ1) is 13.0. The van der Waals surface area contributed by atoms with Gasteiger partial charge in [0.05, 0.1) is 19.0 Å². The molecule has 7 heteroatoms. The number of aliphatic carboxylic acids is 1. The van der Waals surface area contributed by atoms with Crippen molar-refractivity contribution in [2.75, 3.05) is 7.11 Å². The van der Waals surface area contributed by atoms with E-state index in [2.05, 4.69) is 10.3 Å². The molecule has 0 atom stereocenters. The highest BCUT2D eigenvalue weighted by molar-refractivity contribution is 5.85. The van der Waals surface area contributed by atoms with E-state index in [4.69, 9.17) is 14.6 Å². The van der Waals surface area contributed by atoms with E-state index in [1.54, 1.807) is 29.1 Å². The van der Waals surface area contributed by atoms with Gasteiger partial charge in [0.1, 0.15) is 12.3 Å². The normalized spacial score (nSPS) is 10.9. The summed E-state index contributed by atoms with van der Waals surface area (Å²) in [6, 6.07) is 13.2. The Labute approximate surface area is 156 Å². The minimum atomic E-state index is -1.01. The molecule has 0 fully saturated rings. The standard InChI is InChI=1S/C20H19N3O4/c1-14-3-7-17(8-4-14)23-12-16(21-22-23)13-27-18-9-5-15(6-10-20(24)25)11-19(18)26-2/h3-12H,13H2,1-2H3,(H,24,25)/b10-6+. The first-order valence-corrected chi connectivity index (χ1v) is 8.25. The third-order valence-corrected chi connectivity index (χ3v) is 3.82. The summed E-state index contributed by atoms with van der Waals surface area (Å²) in [6.45, 7) is 2.26. The Hall–Kier alpha value is -3.61. The van der Waals surface area contributed by atoms with Crippen LogP contribution in [-0.2, 0) is 11.4 Å². The van der Waals surface area contributed by atoms with Crippen molar-refractivity contribution in [3.8, 4) is 17.2 Å². The smallest absolute Gasteiger partial charge is 0.328 e. The van der Waals surface area contributed by atoms with Crippen LogP contribution in [0.5, 0.6) is 11.5 Å². The average Bonchev–Trinajstić information content (AvgIpc) is 3.14. The topological polar surface area (TPSA) is 86.5 Å². The highest BCUT2D eigenvalue weighted by Crippen LogP contribution is 2.29. The van der Waals surface area contributed by atoms with Gasteiger partial charge in [-0.2, -0.15) is 0 Å². The van der Waals surface area contributed by atoms with Crippen LogP contribution in [0.3, 0.4) is 0 Å². The second-order valence-electron chi connectivity index (χ2n) is 5.86. The molecule has 27 heavy (non-hydrogen) atoms. The minimum Gasteiger partial charge on any atom is -0.493 e. The van der Waals surface area contributed by atoms with Crippen LogP contribution in [0.1, 0.15) is 16.8 Å². The number of hydrogen-bond donors (Lipinski definition) is 1. The Morgan fingerprint density at radius 3 is 2.67 bits per heavy atom. The van der Waals surface area contributed by atoms with E-state index < -0.39 is 5.97 Å². The Kier molecular flexibility index (Phi) is 5.51. The van der Waals surface area contributed by atoms with Gasteiger partial charge in [-0.15, -0.1) is 5.10 Å². The van der Waals surface area contributed by atoms with Crippen LogP contribution in [0.15, 0.2) is 54.7 Å². The zero-order valence-corrected chi connectivity index (χ0v) is 15.0. The lowest BCUT2D eigenvalue weighted by atomic mass is 10.2. The Bertz CT molecular complexity index is 962. The second-order valence-corrected chi connectivity index (χ2v) is 5.86. The van der Waals surface area contributed by atoms with Gasteiger partial charge in [0.2, 0.25) is 0 Å². The van der Waals surface area contributed by atoms with Crippen LogP contribution < -0.4 is 9.47 Å². The van der Waals surface area contributed by atoms with Gasteiger partial charge in [-0.3, -0.25) is 0 Å². The molecular weight excluding hydrogens is 346 g/mol. The van der Waals surface area contributed by atoms with E-state index >= 15 is 0 Å². The number of benzene rings is 2. The van der Waals surface area contributed by atoms with Crippen molar-refractivity contribution in [1.82, 2.24) is 15.0 Å². The number of nitrogens with zero attached hydrogens (tertiary/aromatic N) is 3. The van der Waals surface area contributed by atoms with Gasteiger partial charge in [0, 0.05) is 6.08 Å². The first-order valence-electron chi connectivity index (χ1n) is 8.25. The number of aromatic nitrogens is 3. The van der Waals surface area contributed by atoms with E-state index in [9.17, 15) is 4.79 Å². The molecule has 1 aromatic heterocycles. The minimum absolute atomic E-state index is 0.229. The summed E-state index contributed by atoms with van der Waals surface area (Å²) in [5.74, 6) is 0.0364. The molecular formula is C20H19N3O4. The summed E-state index contributed by atoms with van der Waals surface area (Å²) in [6.07, 6.45) is 4.36. The number of methoxy groups -OCH3 is 1. The van der Waals surface area contributed by atoms with Crippen molar-refractivity contribution in [2.24, 2.45) is 0 Å². The third kappa shape index (κ3) is 4.72. The number of carboxylic acid groups (broad SMARTS) is 1. The third-order valence-electron chi connectivity index (χ3n) is 3.82. The predicted octanol–water partition coefficient (Wildman–Crippen LogP) is 3.26. The fourth-order valence-electron chi connectivity index (χ4n) is 2.41. The first kappa shape index (κ1) is 18.2. The Balaban J connectivity index is 1.69. The predicted molar refractivity (Wildman–Crippen MR) is 100 cm³/mol. The molecule has 7 nitrogen and oxygen atoms in total. The van der Waals surface area contributed by atoms with Crippen molar-refractivity contribution in [3.05, 3.63) is 71.6 Å². The molecule has 3 aromatic rings. The van der Waals surface area contributed by atoms with Crippen molar-refractivity contribution in [2.45, 2.75) is 13.5 Å². The largest absolute Gasteiger partial charge is 0.493 e. The lowest BCUT2D eigenvalue weighted by molar-refractivity contribution is -0.131. The molecule has 1 heterocycles. The maximum Gasteiger partial charge on any atom is 0.328 e. The zero-order valence-electron chi connectivity index (χ0n) is 15.0. The number of ether oxygens (including phenoxy) is 2. The quantitative estimate of drug-likeness (QED) is 0.647. The van der Waals surface area contributed by atoms with E-state index in [1.807, 2.05) is 31.2 Å². The van der Waals surface area contributed by atoms with Crippen LogP contribution in [0.4, 0.5) is 0 Å². The zero-order chi connectivity index (χ0) is 19.2. The molecule has 3 rings (SSSR count). The molecule has 0 amide bonds. The summed E-state index contributed by atoms with van der Waals surface area (Å²) in [5.41, 5.74) is 3.47. The Morgan fingerprint density at radius 1 is 1.19 bits per heavy atom. The Morgan fingerprint density at radius 2 is 1.96 bits per heavy atom. The maximum absolute atomic E-state index is 10.6. The molecule has 2 aromatic carbocycles. The van der Waals surface area contributed by atoms with Crippen LogP contribution in [-0.4, -0.2) is 33.2 Å². The molecule has 0 aliphatic carbocycles. The van der Waals surface area contributed by atoms with Crippen molar-refractivity contribution < 1.29 is 19.4 Å². The van der Waals surface area contributed by atoms with Crippen molar-refractivity contribution >= 4 is 12.0 Å². The van der Waals surface area contributed by atoms with Gasteiger partial charge in [0.15, 0.2) is 11.5 Å². The lowest BCUT2D eigenvalue weighted by Crippen LogP contribution is -1.98. The number of aryl methyl sites for hydroxylation is 1. The fourth-order valence-corrected chi connectivity index (χ4v) is 2.41. The van der Waals surface area contributed by atoms with Gasteiger partial charge >= 0.3 is 5.97 Å². The van der Waals surface area contributed by atoms with Crippen LogP contribution in [0.2, 0.25) is 0 Å². The number of rotatable bonds is 7. The van der Waals surface area contributed by atoms with E-state index in [1.165, 1.54) is 18.7 Å². The van der Waals surface area contributed by atoms with E-state index in [0.29, 0.717) is 22.8 Å². The summed E-state index contributed by atoms with van der Waals surface area (Å²) < 4.78 is 12.8. The second kappa shape index (κ2) is 8.18. The van der Waals surface area contributed by atoms with Gasteiger partial charge in [-0.25, -0.2) is 9.48 Å². The molecule has 0 spiro atoms. The number of carbonyl (C=O) groups is 1. The van der Waals surface area contributed by atoms with E-state index in [0.717, 1.165) is 11.8 Å². The van der Waals surface area contributed by atoms with Gasteiger partial charge in [0.25, 0.3) is 0 Å². The monoisotopic (exact) mass is 365 g/mol. The molecule has 0 saturated carbocycles. The van der Waals surface area contributed by atoms with Crippen molar-refractivity contribution in [1.29, 1.82) is 0 Å². The highest BCUT2D eigenvalue weighted by atomic mass is 16.5. The molecule has 138 valence electrons. The molecule has 0 aliphatic heterocycles. The molecule has 0 radical (unpaired) electrons. The van der Waals surface area contributed by atoms with Crippen molar-refractivity contribution in [3.63, 3.8) is 0 Å². The average molecular weight is 365 g/mol. The lowest BCUT2D eigenvalue weighted by Gasteiger charge is -2.10.